The maximum Gasteiger partial charge on any atom is 0.261 e. The minimum atomic E-state index is -0.0728. The maximum absolute atomic E-state index is 12.7. The summed E-state index contributed by atoms with van der Waals surface area (Å²) in [6.07, 6.45) is 4.32. The summed E-state index contributed by atoms with van der Waals surface area (Å²) in [7, 11) is 0. The third-order valence-corrected chi connectivity index (χ3v) is 5.10. The second-order valence-electron chi connectivity index (χ2n) is 6.84. The topological polar surface area (TPSA) is 94.1 Å². The van der Waals surface area contributed by atoms with E-state index < -0.39 is 0 Å². The van der Waals surface area contributed by atoms with E-state index in [1.807, 2.05) is 30.0 Å². The van der Waals surface area contributed by atoms with Crippen molar-refractivity contribution in [3.8, 4) is 0 Å². The molecule has 1 atom stereocenters. The first kappa shape index (κ1) is 17.4. The van der Waals surface area contributed by atoms with Crippen molar-refractivity contribution >= 4 is 16.8 Å². The molecule has 140 valence electrons. The first-order chi connectivity index (χ1) is 13.1. The number of fused-ring (bicyclic) bond motifs is 1. The molecular formula is C19H21N5O3. The lowest BCUT2D eigenvalue weighted by molar-refractivity contribution is -0.132. The van der Waals surface area contributed by atoms with Crippen LogP contribution in [0.1, 0.15) is 43.1 Å². The summed E-state index contributed by atoms with van der Waals surface area (Å²) in [6.45, 7) is 3.02. The van der Waals surface area contributed by atoms with Crippen LogP contribution in [0.5, 0.6) is 0 Å². The summed E-state index contributed by atoms with van der Waals surface area (Å²) >= 11 is 0. The Labute approximate surface area is 155 Å². The fraction of sp³-hybridized carbons (Fsp3) is 0.421. The molecule has 1 saturated heterocycles. The third-order valence-electron chi connectivity index (χ3n) is 5.10. The summed E-state index contributed by atoms with van der Waals surface area (Å²) < 4.78 is 6.36. The molecule has 3 heterocycles. The Kier molecular flexibility index (Phi) is 4.70. The van der Waals surface area contributed by atoms with Crippen molar-refractivity contribution in [2.24, 2.45) is 0 Å². The maximum atomic E-state index is 12.7. The highest BCUT2D eigenvalue weighted by Crippen LogP contribution is 2.32. The lowest BCUT2D eigenvalue weighted by Crippen LogP contribution is -2.31. The van der Waals surface area contributed by atoms with Crippen LogP contribution >= 0.6 is 0 Å². The smallest absolute Gasteiger partial charge is 0.261 e. The quantitative estimate of drug-likeness (QED) is 0.686. The Bertz CT molecular complexity index is 1030. The van der Waals surface area contributed by atoms with Crippen LogP contribution in [0.4, 0.5) is 0 Å². The number of aromatic nitrogens is 4. The zero-order valence-electron chi connectivity index (χ0n) is 15.2. The van der Waals surface area contributed by atoms with E-state index >= 15 is 0 Å². The number of aryl methyl sites for hydroxylation is 2. The van der Waals surface area contributed by atoms with Crippen LogP contribution < -0.4 is 5.56 Å². The highest BCUT2D eigenvalue weighted by atomic mass is 16.6. The minimum absolute atomic E-state index is 0.0613. The molecule has 3 aromatic rings. The molecule has 0 spiro atoms. The fourth-order valence-electron chi connectivity index (χ4n) is 3.70. The molecule has 1 aromatic carbocycles. The molecule has 8 nitrogen and oxygen atoms in total. The van der Waals surface area contributed by atoms with Gasteiger partial charge in [-0.2, -0.15) is 0 Å². The summed E-state index contributed by atoms with van der Waals surface area (Å²) in [4.78, 5) is 31.4. The van der Waals surface area contributed by atoms with Gasteiger partial charge in [0.1, 0.15) is 11.4 Å². The van der Waals surface area contributed by atoms with Gasteiger partial charge in [0.05, 0.1) is 23.3 Å². The van der Waals surface area contributed by atoms with E-state index in [9.17, 15) is 9.59 Å². The molecule has 0 aliphatic carbocycles. The highest BCUT2D eigenvalue weighted by Gasteiger charge is 2.33. The lowest BCUT2D eigenvalue weighted by Gasteiger charge is -2.23. The van der Waals surface area contributed by atoms with E-state index in [1.165, 1.54) is 0 Å². The molecule has 1 unspecified atom stereocenters. The van der Waals surface area contributed by atoms with Gasteiger partial charge in [0.2, 0.25) is 5.91 Å². The van der Waals surface area contributed by atoms with Gasteiger partial charge in [-0.25, -0.2) is 9.61 Å². The zero-order valence-corrected chi connectivity index (χ0v) is 15.2. The van der Waals surface area contributed by atoms with Gasteiger partial charge in [-0.3, -0.25) is 14.2 Å². The average molecular weight is 367 g/mol. The Morgan fingerprint density at radius 2 is 2.15 bits per heavy atom. The number of carbonyl (C=O) groups excluding carboxylic acids is 1. The molecule has 1 aliphatic heterocycles. The van der Waals surface area contributed by atoms with Crippen molar-refractivity contribution in [3.05, 3.63) is 52.3 Å². The standard InChI is InChI=1S/C19H21N5O3/c1-13-18(22-27-21-13)16-8-4-11-24(16)17(25)9-5-10-23-12-20-15-7-3-2-6-14(15)19(23)26/h2-3,6-7,12,16H,4-5,8-11H2,1H3. The van der Waals surface area contributed by atoms with E-state index in [-0.39, 0.29) is 17.5 Å². The van der Waals surface area contributed by atoms with E-state index in [4.69, 9.17) is 4.63 Å². The first-order valence-corrected chi connectivity index (χ1v) is 9.18. The summed E-state index contributed by atoms with van der Waals surface area (Å²) in [5.74, 6) is 0.0710. The number of rotatable bonds is 5. The largest absolute Gasteiger partial charge is 0.334 e. The van der Waals surface area contributed by atoms with Gasteiger partial charge in [-0.15, -0.1) is 0 Å². The second-order valence-corrected chi connectivity index (χ2v) is 6.84. The summed E-state index contributed by atoms with van der Waals surface area (Å²) in [5.41, 5.74) is 2.09. The molecule has 1 fully saturated rings. The fourth-order valence-corrected chi connectivity index (χ4v) is 3.70. The molecule has 27 heavy (non-hydrogen) atoms. The Morgan fingerprint density at radius 1 is 1.30 bits per heavy atom. The lowest BCUT2D eigenvalue weighted by atomic mass is 10.1. The first-order valence-electron chi connectivity index (χ1n) is 9.18. The Hall–Kier alpha value is -3.03. The van der Waals surface area contributed by atoms with Gasteiger partial charge < -0.3 is 4.90 Å². The normalized spacial score (nSPS) is 16.9. The van der Waals surface area contributed by atoms with Crippen LogP contribution in [0.2, 0.25) is 0 Å². The molecule has 2 aromatic heterocycles. The van der Waals surface area contributed by atoms with Crippen molar-refractivity contribution in [1.29, 1.82) is 0 Å². The molecule has 0 saturated carbocycles. The minimum Gasteiger partial charge on any atom is -0.334 e. The van der Waals surface area contributed by atoms with Crippen molar-refractivity contribution in [1.82, 2.24) is 24.8 Å². The van der Waals surface area contributed by atoms with Gasteiger partial charge >= 0.3 is 0 Å². The third kappa shape index (κ3) is 3.34. The van der Waals surface area contributed by atoms with Crippen LogP contribution in [0.15, 0.2) is 40.0 Å². The average Bonchev–Trinajstić information content (AvgIpc) is 3.32. The molecule has 4 rings (SSSR count). The van der Waals surface area contributed by atoms with Crippen LogP contribution in [-0.4, -0.2) is 37.2 Å². The highest BCUT2D eigenvalue weighted by molar-refractivity contribution is 5.77. The molecule has 8 heteroatoms. The number of para-hydroxylation sites is 1. The molecule has 1 amide bonds. The predicted molar refractivity (Wildman–Crippen MR) is 98.0 cm³/mol. The van der Waals surface area contributed by atoms with E-state index in [1.54, 1.807) is 17.0 Å². The monoisotopic (exact) mass is 367 g/mol. The van der Waals surface area contributed by atoms with Gasteiger partial charge in [-0.05, 0) is 38.3 Å². The van der Waals surface area contributed by atoms with Crippen molar-refractivity contribution < 1.29 is 9.42 Å². The SMILES string of the molecule is Cc1nonc1C1CCCN1C(=O)CCCn1cnc2ccccc2c1=O. The van der Waals surface area contributed by atoms with Crippen LogP contribution in [0, 0.1) is 6.92 Å². The molecular weight excluding hydrogens is 346 g/mol. The van der Waals surface area contributed by atoms with Gasteiger partial charge in [0, 0.05) is 19.5 Å². The van der Waals surface area contributed by atoms with Gasteiger partial charge in [-0.1, -0.05) is 22.4 Å². The number of benzene rings is 1. The molecule has 0 bridgehead atoms. The van der Waals surface area contributed by atoms with E-state index in [0.717, 1.165) is 24.2 Å². The van der Waals surface area contributed by atoms with Crippen molar-refractivity contribution in [2.75, 3.05) is 6.54 Å². The van der Waals surface area contributed by atoms with Crippen molar-refractivity contribution in [3.63, 3.8) is 0 Å². The van der Waals surface area contributed by atoms with E-state index in [0.29, 0.717) is 36.8 Å². The molecule has 1 aliphatic rings. The Balaban J connectivity index is 1.40. The number of nitrogens with zero attached hydrogens (tertiary/aromatic N) is 5. The van der Waals surface area contributed by atoms with E-state index in [2.05, 4.69) is 15.3 Å². The van der Waals surface area contributed by atoms with Crippen molar-refractivity contribution in [2.45, 2.75) is 45.2 Å². The summed E-state index contributed by atoms with van der Waals surface area (Å²) in [5, 5.41) is 8.38. The zero-order chi connectivity index (χ0) is 18.8. The van der Waals surface area contributed by atoms with Crippen LogP contribution in [0.3, 0.4) is 0 Å². The molecule has 0 radical (unpaired) electrons. The summed E-state index contributed by atoms with van der Waals surface area (Å²) in [6, 6.07) is 7.21. The van der Waals surface area contributed by atoms with Gasteiger partial charge in [0.25, 0.3) is 5.56 Å². The van der Waals surface area contributed by atoms with Gasteiger partial charge in [0.15, 0.2) is 0 Å². The van der Waals surface area contributed by atoms with Crippen LogP contribution in [0.25, 0.3) is 10.9 Å². The number of likely N-dealkylation sites (tertiary alicyclic amines) is 1. The second kappa shape index (κ2) is 7.30. The number of carbonyl (C=O) groups is 1. The number of amides is 1. The van der Waals surface area contributed by atoms with Crippen LogP contribution in [-0.2, 0) is 11.3 Å². The Morgan fingerprint density at radius 3 is 2.96 bits per heavy atom. The number of hydrogen-bond acceptors (Lipinski definition) is 6. The molecule has 0 N–H and O–H groups in total. The number of hydrogen-bond donors (Lipinski definition) is 0. The predicted octanol–water partition coefficient (Wildman–Crippen LogP) is 2.23.